The van der Waals surface area contributed by atoms with Crippen molar-refractivity contribution in [1.29, 1.82) is 0 Å². The first kappa shape index (κ1) is 20.3. The second-order valence-corrected chi connectivity index (χ2v) is 9.21. The molecule has 172 valence electrons. The van der Waals surface area contributed by atoms with Gasteiger partial charge in [-0.2, -0.15) is 4.98 Å². The van der Waals surface area contributed by atoms with Gasteiger partial charge in [-0.15, -0.1) is 5.10 Å². The summed E-state index contributed by atoms with van der Waals surface area (Å²) in [6.45, 7) is 4.52. The topological polar surface area (TPSA) is 81.0 Å². The van der Waals surface area contributed by atoms with Crippen LogP contribution in [-0.2, 0) is 6.54 Å². The Balaban J connectivity index is 1.15. The van der Waals surface area contributed by atoms with E-state index in [2.05, 4.69) is 30.3 Å². The van der Waals surface area contributed by atoms with Crippen LogP contribution in [0.5, 0.6) is 5.75 Å². The van der Waals surface area contributed by atoms with Crippen LogP contribution in [0, 0.1) is 30.4 Å². The largest absolute Gasteiger partial charge is 0.482 e. The van der Waals surface area contributed by atoms with E-state index in [9.17, 15) is 8.78 Å². The van der Waals surface area contributed by atoms with E-state index >= 15 is 0 Å². The van der Waals surface area contributed by atoms with Crippen LogP contribution in [0.4, 0.5) is 20.5 Å². The van der Waals surface area contributed by atoms with Gasteiger partial charge >= 0.3 is 0 Å². The zero-order chi connectivity index (χ0) is 22.5. The van der Waals surface area contributed by atoms with Gasteiger partial charge < -0.3 is 15.0 Å². The quantitative estimate of drug-likeness (QED) is 0.633. The molecule has 33 heavy (non-hydrogen) atoms. The molecule has 0 radical (unpaired) electrons. The molecule has 1 aliphatic carbocycles. The molecular weight excluding hydrogens is 428 g/mol. The number of benzene rings is 1. The highest BCUT2D eigenvalue weighted by atomic mass is 19.1. The zero-order valence-corrected chi connectivity index (χ0v) is 18.3. The van der Waals surface area contributed by atoms with Gasteiger partial charge in [0.05, 0.1) is 0 Å². The standard InChI is InChI=1S/C23H25F2N7O/c1-13-6-20(27-12-26-13)31-10-14-2-3-15(11-31)21(14)28-23-29-22-19(4-5-32(22)30-23)33-18-8-16(24)7-17(25)9-18/h6-9,12,14-15,19,21H,2-5,10-11H2,1H3,(H,28,30)/t14-,15+,19-,21?/m0/s1. The van der Waals surface area contributed by atoms with Gasteiger partial charge in [-0.1, -0.05) is 0 Å². The van der Waals surface area contributed by atoms with E-state index in [0.717, 1.165) is 43.5 Å². The molecular formula is C23H25F2N7O. The Morgan fingerprint density at radius 1 is 1.00 bits per heavy atom. The second kappa shape index (κ2) is 7.93. The molecule has 4 heterocycles. The molecule has 6 rings (SSSR count). The average molecular weight is 453 g/mol. The first-order chi connectivity index (χ1) is 16.0. The van der Waals surface area contributed by atoms with Crippen molar-refractivity contribution >= 4 is 11.8 Å². The number of hydrogen-bond donors (Lipinski definition) is 1. The molecule has 0 amide bonds. The van der Waals surface area contributed by atoms with Crippen LogP contribution in [-0.4, -0.2) is 43.9 Å². The minimum absolute atomic E-state index is 0.161. The molecule has 1 saturated heterocycles. The molecule has 1 saturated carbocycles. The minimum atomic E-state index is -0.661. The highest BCUT2D eigenvalue weighted by Crippen LogP contribution is 2.40. The maximum Gasteiger partial charge on any atom is 0.242 e. The number of anilines is 2. The molecule has 1 unspecified atom stereocenters. The monoisotopic (exact) mass is 453 g/mol. The van der Waals surface area contributed by atoms with Gasteiger partial charge in [0.15, 0.2) is 11.9 Å². The Bertz CT molecular complexity index is 1150. The van der Waals surface area contributed by atoms with E-state index in [1.54, 1.807) is 6.33 Å². The van der Waals surface area contributed by atoms with E-state index < -0.39 is 11.6 Å². The molecule has 2 aliphatic heterocycles. The molecule has 2 fully saturated rings. The van der Waals surface area contributed by atoms with Gasteiger partial charge in [0.1, 0.15) is 29.5 Å². The molecule has 2 aromatic heterocycles. The lowest BCUT2D eigenvalue weighted by Gasteiger charge is -2.38. The highest BCUT2D eigenvalue weighted by Gasteiger charge is 2.43. The van der Waals surface area contributed by atoms with Crippen molar-refractivity contribution in [3.05, 3.63) is 53.7 Å². The van der Waals surface area contributed by atoms with Crippen molar-refractivity contribution in [2.75, 3.05) is 23.3 Å². The summed E-state index contributed by atoms with van der Waals surface area (Å²) in [5.74, 6) is 2.08. The number of piperidine rings is 1. The summed E-state index contributed by atoms with van der Waals surface area (Å²) in [6, 6.07) is 5.55. The van der Waals surface area contributed by atoms with Crippen molar-refractivity contribution in [2.24, 2.45) is 11.8 Å². The molecule has 2 bridgehead atoms. The Hall–Kier alpha value is -3.30. The van der Waals surface area contributed by atoms with E-state index in [0.29, 0.717) is 42.6 Å². The van der Waals surface area contributed by atoms with Gasteiger partial charge in [-0.3, -0.25) is 0 Å². The third-order valence-electron chi connectivity index (χ3n) is 6.95. The predicted octanol–water partition coefficient (Wildman–Crippen LogP) is 3.51. The van der Waals surface area contributed by atoms with Gasteiger partial charge in [0.2, 0.25) is 5.95 Å². The van der Waals surface area contributed by atoms with Crippen LogP contribution in [0.2, 0.25) is 0 Å². The molecule has 4 atom stereocenters. The van der Waals surface area contributed by atoms with E-state index in [-0.39, 0.29) is 11.9 Å². The smallest absolute Gasteiger partial charge is 0.242 e. The van der Waals surface area contributed by atoms with E-state index in [1.165, 1.54) is 12.1 Å². The maximum atomic E-state index is 13.5. The van der Waals surface area contributed by atoms with E-state index in [1.807, 2.05) is 17.7 Å². The fraction of sp³-hybridized carbons (Fsp3) is 0.478. The Labute approximate surface area is 190 Å². The molecule has 1 N–H and O–H groups in total. The summed E-state index contributed by atoms with van der Waals surface area (Å²) >= 11 is 0. The summed E-state index contributed by atoms with van der Waals surface area (Å²) in [5.41, 5.74) is 0.974. The number of nitrogens with zero attached hydrogens (tertiary/aromatic N) is 6. The average Bonchev–Trinajstić information content (AvgIpc) is 3.39. The fourth-order valence-electron chi connectivity index (χ4n) is 5.47. The zero-order valence-electron chi connectivity index (χ0n) is 18.3. The van der Waals surface area contributed by atoms with Gasteiger partial charge in [0, 0.05) is 62.1 Å². The Morgan fingerprint density at radius 2 is 1.76 bits per heavy atom. The SMILES string of the molecule is Cc1cc(N2C[C@H]3CC[C@@H](C2)C3Nc2nc3n(n2)CC[C@@H]3Oc2cc(F)cc(F)c2)ncn1. The van der Waals surface area contributed by atoms with Crippen molar-refractivity contribution in [2.45, 2.75) is 44.9 Å². The van der Waals surface area contributed by atoms with Crippen LogP contribution in [0.15, 0.2) is 30.6 Å². The Kier molecular flexibility index (Phi) is 4.88. The lowest BCUT2D eigenvalue weighted by Crippen LogP contribution is -2.48. The van der Waals surface area contributed by atoms with E-state index in [4.69, 9.17) is 4.74 Å². The lowest BCUT2D eigenvalue weighted by atomic mass is 9.92. The summed E-state index contributed by atoms with van der Waals surface area (Å²) in [4.78, 5) is 15.7. The molecule has 8 nitrogen and oxygen atoms in total. The van der Waals surface area contributed by atoms with Gasteiger partial charge in [-0.05, 0) is 31.6 Å². The molecule has 3 aromatic rings. The van der Waals surface area contributed by atoms with Crippen molar-refractivity contribution < 1.29 is 13.5 Å². The number of aromatic nitrogens is 5. The number of ether oxygens (including phenoxy) is 1. The maximum absolute atomic E-state index is 13.5. The van der Waals surface area contributed by atoms with Crippen LogP contribution >= 0.6 is 0 Å². The fourth-order valence-corrected chi connectivity index (χ4v) is 5.47. The Morgan fingerprint density at radius 3 is 2.48 bits per heavy atom. The molecule has 10 heteroatoms. The van der Waals surface area contributed by atoms with Crippen LogP contribution < -0.4 is 15.0 Å². The number of nitrogens with one attached hydrogen (secondary N) is 1. The van der Waals surface area contributed by atoms with Gasteiger partial charge in [-0.25, -0.2) is 23.4 Å². The summed E-state index contributed by atoms with van der Waals surface area (Å²) in [6.07, 6.45) is 4.23. The summed E-state index contributed by atoms with van der Waals surface area (Å²) in [7, 11) is 0. The van der Waals surface area contributed by atoms with Crippen molar-refractivity contribution in [3.63, 3.8) is 0 Å². The normalized spacial score (nSPS) is 25.8. The van der Waals surface area contributed by atoms with Gasteiger partial charge in [0.25, 0.3) is 0 Å². The number of hydrogen-bond acceptors (Lipinski definition) is 7. The number of aryl methyl sites for hydroxylation is 2. The van der Waals surface area contributed by atoms with Crippen molar-refractivity contribution in [1.82, 2.24) is 24.7 Å². The first-order valence-electron chi connectivity index (χ1n) is 11.4. The number of halogens is 2. The molecule has 1 aromatic carbocycles. The molecule has 0 spiro atoms. The number of rotatable bonds is 5. The first-order valence-corrected chi connectivity index (χ1v) is 11.4. The second-order valence-electron chi connectivity index (χ2n) is 9.21. The lowest BCUT2D eigenvalue weighted by molar-refractivity contribution is 0.201. The summed E-state index contributed by atoms with van der Waals surface area (Å²) < 4.78 is 34.7. The third kappa shape index (κ3) is 3.87. The van der Waals surface area contributed by atoms with Crippen molar-refractivity contribution in [3.8, 4) is 5.75 Å². The highest BCUT2D eigenvalue weighted by molar-refractivity contribution is 5.41. The summed E-state index contributed by atoms with van der Waals surface area (Å²) in [5, 5.41) is 8.21. The number of fused-ring (bicyclic) bond motifs is 3. The van der Waals surface area contributed by atoms with Crippen LogP contribution in [0.3, 0.4) is 0 Å². The van der Waals surface area contributed by atoms with Crippen LogP contribution in [0.1, 0.15) is 36.9 Å². The molecule has 3 aliphatic rings. The third-order valence-corrected chi connectivity index (χ3v) is 6.95. The predicted molar refractivity (Wildman–Crippen MR) is 117 cm³/mol. The van der Waals surface area contributed by atoms with Crippen LogP contribution in [0.25, 0.3) is 0 Å². The minimum Gasteiger partial charge on any atom is -0.482 e.